The first kappa shape index (κ1) is 25.3. The predicted octanol–water partition coefficient (Wildman–Crippen LogP) is 8.73. The Morgan fingerprint density at radius 1 is 0.581 bits per heavy atom. The lowest BCUT2D eigenvalue weighted by molar-refractivity contribution is 0.0785. The molecule has 0 radical (unpaired) electrons. The van der Waals surface area contributed by atoms with Gasteiger partial charge in [-0.25, -0.2) is 0 Å². The molecular formula is C29H44O2. The van der Waals surface area contributed by atoms with Crippen LogP contribution in [0.5, 0.6) is 11.5 Å². The van der Waals surface area contributed by atoms with Gasteiger partial charge in [0.15, 0.2) is 0 Å². The molecule has 0 atom stereocenters. The third-order valence-electron chi connectivity index (χ3n) is 7.42. The Morgan fingerprint density at radius 2 is 0.968 bits per heavy atom. The van der Waals surface area contributed by atoms with Crippen LogP contribution in [0.15, 0.2) is 12.1 Å². The molecule has 0 N–H and O–H groups in total. The minimum absolute atomic E-state index is 0.127. The molecule has 172 valence electrons. The second kappa shape index (κ2) is 9.27. The smallest absolute Gasteiger partial charge is 0.126 e. The zero-order valence-electron chi connectivity index (χ0n) is 22.1. The van der Waals surface area contributed by atoms with Crippen LogP contribution in [0.3, 0.4) is 0 Å². The predicted molar refractivity (Wildman–Crippen MR) is 135 cm³/mol. The summed E-state index contributed by atoms with van der Waals surface area (Å²) in [6.07, 6.45) is 2.96. The molecule has 0 heterocycles. The first-order valence-corrected chi connectivity index (χ1v) is 11.9. The molecule has 0 unspecified atom stereocenters. The summed E-state index contributed by atoms with van der Waals surface area (Å²) in [5.41, 5.74) is 9.74. The quantitative estimate of drug-likeness (QED) is 0.422. The molecule has 2 aromatic rings. The minimum Gasteiger partial charge on any atom is -0.487 e. The Kier molecular flexibility index (Phi) is 7.56. The van der Waals surface area contributed by atoms with E-state index < -0.39 is 0 Å². The monoisotopic (exact) mass is 424 g/mol. The van der Waals surface area contributed by atoms with Gasteiger partial charge in [-0.3, -0.25) is 0 Å². The maximum absolute atomic E-state index is 6.58. The highest BCUT2D eigenvalue weighted by atomic mass is 16.5. The summed E-state index contributed by atoms with van der Waals surface area (Å²) in [5.74, 6) is 2.07. The van der Waals surface area contributed by atoms with Crippen LogP contribution in [0.25, 0.3) is 11.1 Å². The van der Waals surface area contributed by atoms with Gasteiger partial charge in [0.05, 0.1) is 0 Å². The van der Waals surface area contributed by atoms with Gasteiger partial charge in [-0.15, -0.1) is 0 Å². The molecule has 31 heavy (non-hydrogen) atoms. The molecule has 2 nitrogen and oxygen atoms in total. The third-order valence-corrected chi connectivity index (χ3v) is 7.42. The Balaban J connectivity index is 2.62. The molecule has 0 aliphatic carbocycles. The lowest BCUT2D eigenvalue weighted by atomic mass is 9.88. The largest absolute Gasteiger partial charge is 0.487 e. The molecule has 0 saturated carbocycles. The van der Waals surface area contributed by atoms with E-state index in [0.717, 1.165) is 30.8 Å². The highest BCUT2D eigenvalue weighted by molar-refractivity contribution is 5.77. The SMILES string of the molecule is CCC(C)(C)Oc1c(C)cc(-c2cc(C)c(OC(C)(CC)CC)c(C)c2C)c(C)c1C. The summed E-state index contributed by atoms with van der Waals surface area (Å²) < 4.78 is 13.0. The van der Waals surface area contributed by atoms with E-state index >= 15 is 0 Å². The Morgan fingerprint density at radius 3 is 1.32 bits per heavy atom. The number of aryl methyl sites for hydroxylation is 2. The summed E-state index contributed by atoms with van der Waals surface area (Å²) in [6.45, 7) is 26.3. The van der Waals surface area contributed by atoms with Crippen molar-refractivity contribution in [3.8, 4) is 22.6 Å². The zero-order chi connectivity index (χ0) is 23.7. The van der Waals surface area contributed by atoms with Crippen LogP contribution in [0, 0.1) is 41.5 Å². The Hall–Kier alpha value is -1.96. The van der Waals surface area contributed by atoms with Crippen molar-refractivity contribution in [3.05, 3.63) is 45.5 Å². The van der Waals surface area contributed by atoms with Gasteiger partial charge in [-0.05, 0) is 138 Å². The number of hydrogen-bond donors (Lipinski definition) is 0. The van der Waals surface area contributed by atoms with E-state index in [2.05, 4.69) is 95.2 Å². The Bertz CT molecular complexity index is 946. The van der Waals surface area contributed by atoms with Gasteiger partial charge >= 0.3 is 0 Å². The van der Waals surface area contributed by atoms with Gasteiger partial charge in [-0.1, -0.05) is 20.8 Å². The van der Waals surface area contributed by atoms with Crippen molar-refractivity contribution in [2.45, 2.75) is 114 Å². The van der Waals surface area contributed by atoms with E-state index in [-0.39, 0.29) is 11.2 Å². The van der Waals surface area contributed by atoms with Gasteiger partial charge in [0.1, 0.15) is 22.7 Å². The van der Waals surface area contributed by atoms with Crippen molar-refractivity contribution >= 4 is 0 Å². The standard InChI is InChI=1S/C29H44O2/c1-13-28(10,11)30-26-18(4)16-24(20(6)22(26)8)25-17-19(5)27(23(9)21(25)7)31-29(12,14-2)15-3/h16-17H,13-15H2,1-12H3. The van der Waals surface area contributed by atoms with Gasteiger partial charge in [0, 0.05) is 0 Å². The van der Waals surface area contributed by atoms with E-state index in [1.807, 2.05) is 0 Å². The maximum Gasteiger partial charge on any atom is 0.126 e. The fourth-order valence-corrected chi connectivity index (χ4v) is 3.98. The third kappa shape index (κ3) is 5.10. The van der Waals surface area contributed by atoms with E-state index in [1.165, 1.54) is 44.5 Å². The fraction of sp³-hybridized carbons (Fsp3) is 0.586. The number of hydrogen-bond acceptors (Lipinski definition) is 2. The molecular weight excluding hydrogens is 380 g/mol. The van der Waals surface area contributed by atoms with Crippen LogP contribution in [0.1, 0.15) is 94.2 Å². The summed E-state index contributed by atoms with van der Waals surface area (Å²) >= 11 is 0. The van der Waals surface area contributed by atoms with Gasteiger partial charge < -0.3 is 9.47 Å². The van der Waals surface area contributed by atoms with Crippen LogP contribution < -0.4 is 9.47 Å². The molecule has 2 aromatic carbocycles. The van der Waals surface area contributed by atoms with Crippen LogP contribution in [0.4, 0.5) is 0 Å². The summed E-state index contributed by atoms with van der Waals surface area (Å²) in [6, 6.07) is 4.61. The van der Waals surface area contributed by atoms with Gasteiger partial charge in [0.2, 0.25) is 0 Å². The second-order valence-corrected chi connectivity index (χ2v) is 10.1. The second-order valence-electron chi connectivity index (χ2n) is 10.1. The topological polar surface area (TPSA) is 18.5 Å². The van der Waals surface area contributed by atoms with Crippen LogP contribution in [-0.4, -0.2) is 11.2 Å². The average molecular weight is 425 g/mol. The average Bonchev–Trinajstić information content (AvgIpc) is 2.73. The first-order chi connectivity index (χ1) is 14.3. The summed E-state index contributed by atoms with van der Waals surface area (Å²) in [7, 11) is 0. The molecule has 0 fully saturated rings. The van der Waals surface area contributed by atoms with Crippen molar-refractivity contribution in [2.24, 2.45) is 0 Å². The van der Waals surface area contributed by atoms with E-state index in [1.54, 1.807) is 0 Å². The molecule has 0 aliphatic rings. The summed E-state index contributed by atoms with van der Waals surface area (Å²) in [5, 5.41) is 0. The number of benzene rings is 2. The highest BCUT2D eigenvalue weighted by Gasteiger charge is 2.26. The first-order valence-electron chi connectivity index (χ1n) is 11.9. The molecule has 0 spiro atoms. The molecule has 2 rings (SSSR count). The van der Waals surface area contributed by atoms with Crippen LogP contribution >= 0.6 is 0 Å². The molecule has 0 aromatic heterocycles. The Labute approximate surface area is 191 Å². The van der Waals surface area contributed by atoms with Crippen LogP contribution in [-0.2, 0) is 0 Å². The molecule has 0 saturated heterocycles. The lowest BCUT2D eigenvalue weighted by Gasteiger charge is -2.31. The van der Waals surface area contributed by atoms with Crippen molar-refractivity contribution < 1.29 is 9.47 Å². The van der Waals surface area contributed by atoms with Crippen molar-refractivity contribution in [2.75, 3.05) is 0 Å². The fourth-order valence-electron chi connectivity index (χ4n) is 3.98. The molecule has 0 amide bonds. The van der Waals surface area contributed by atoms with Gasteiger partial charge in [-0.2, -0.15) is 0 Å². The molecule has 0 aliphatic heterocycles. The van der Waals surface area contributed by atoms with Crippen molar-refractivity contribution in [1.82, 2.24) is 0 Å². The van der Waals surface area contributed by atoms with E-state index in [4.69, 9.17) is 9.47 Å². The number of ether oxygens (including phenoxy) is 2. The zero-order valence-corrected chi connectivity index (χ0v) is 22.1. The molecule has 2 heteroatoms. The highest BCUT2D eigenvalue weighted by Crippen LogP contribution is 2.41. The van der Waals surface area contributed by atoms with Crippen molar-refractivity contribution in [1.29, 1.82) is 0 Å². The van der Waals surface area contributed by atoms with Crippen LogP contribution in [0.2, 0.25) is 0 Å². The summed E-state index contributed by atoms with van der Waals surface area (Å²) in [4.78, 5) is 0. The molecule has 0 bridgehead atoms. The minimum atomic E-state index is -0.170. The maximum atomic E-state index is 6.58. The van der Waals surface area contributed by atoms with E-state index in [9.17, 15) is 0 Å². The number of rotatable bonds is 8. The normalized spacial score (nSPS) is 12.3. The lowest BCUT2D eigenvalue weighted by Crippen LogP contribution is -2.31. The van der Waals surface area contributed by atoms with Gasteiger partial charge in [0.25, 0.3) is 0 Å². The van der Waals surface area contributed by atoms with Crippen molar-refractivity contribution in [3.63, 3.8) is 0 Å². The van der Waals surface area contributed by atoms with E-state index in [0.29, 0.717) is 0 Å².